The number of hydrogen-bond acceptors (Lipinski definition) is 13. The largest absolute Gasteiger partial charge is 0.397 e. The minimum Gasteiger partial charge on any atom is -0.397 e. The van der Waals surface area contributed by atoms with Gasteiger partial charge in [-0.1, -0.05) is 74.5 Å². The fraction of sp³-hybridized carbons (Fsp3) is 0.346. The third-order valence-electron chi connectivity index (χ3n) is 13.1. The summed E-state index contributed by atoms with van der Waals surface area (Å²) < 4.78 is 0. The van der Waals surface area contributed by atoms with Crippen LogP contribution < -0.4 is 16.4 Å². The normalized spacial score (nSPS) is 17.9. The zero-order valence-electron chi connectivity index (χ0n) is 37.9. The van der Waals surface area contributed by atoms with Crippen molar-refractivity contribution in [3.63, 3.8) is 0 Å². The average molecular weight is 986 g/mol. The Morgan fingerprint density at radius 3 is 1.57 bits per heavy atom. The molecule has 4 atom stereocenters. The number of nitrogens with one attached hydrogen (secondary N) is 4. The van der Waals surface area contributed by atoms with Crippen LogP contribution in [0.15, 0.2) is 110 Å². The number of rotatable bonds is 13. The highest BCUT2D eigenvalue weighted by Gasteiger charge is 2.28. The summed E-state index contributed by atoms with van der Waals surface area (Å²) in [5.41, 5.74) is 13.8. The molecule has 2 aromatic carbocycles. The van der Waals surface area contributed by atoms with Crippen LogP contribution in [0, 0.1) is 10.1 Å². The summed E-state index contributed by atoms with van der Waals surface area (Å²) in [6.07, 6.45) is 18.9. The summed E-state index contributed by atoms with van der Waals surface area (Å²) in [5.74, 6) is 1.19. The summed E-state index contributed by atoms with van der Waals surface area (Å²) in [4.78, 5) is 48.8. The van der Waals surface area contributed by atoms with E-state index in [9.17, 15) is 10.1 Å². The molecule has 6 aromatic heterocycles. The molecule has 2 fully saturated rings. The van der Waals surface area contributed by atoms with Gasteiger partial charge in [-0.25, -0.2) is 19.9 Å². The van der Waals surface area contributed by atoms with Crippen molar-refractivity contribution in [2.24, 2.45) is 0 Å². The van der Waals surface area contributed by atoms with E-state index in [4.69, 9.17) is 38.9 Å². The monoisotopic (exact) mass is 984 g/mol. The second-order valence-corrected chi connectivity index (χ2v) is 18.6. The molecule has 70 heavy (non-hydrogen) atoms. The van der Waals surface area contributed by atoms with Crippen LogP contribution in [-0.2, 0) is 13.1 Å². The molecular formula is C52H62Cl2N14O2. The summed E-state index contributed by atoms with van der Waals surface area (Å²) in [6.45, 7) is 1.44. The molecule has 16 nitrogen and oxygen atoms in total. The number of halogens is 2. The fourth-order valence-electron chi connectivity index (χ4n) is 9.46. The number of para-hydroxylation sites is 2. The smallest absolute Gasteiger partial charge is 0.287 e. The molecule has 0 unspecified atom stereocenters. The van der Waals surface area contributed by atoms with Gasteiger partial charge in [0.1, 0.15) is 6.20 Å². The lowest BCUT2D eigenvalue weighted by atomic mass is 9.90. The van der Waals surface area contributed by atoms with E-state index in [1.807, 2.05) is 67.0 Å². The lowest BCUT2D eigenvalue weighted by Crippen LogP contribution is -2.40. The van der Waals surface area contributed by atoms with Crippen LogP contribution in [0.4, 0.5) is 23.3 Å². The Balaban J connectivity index is 0.000000201. The predicted octanol–water partition coefficient (Wildman–Crippen LogP) is 11.8. The Morgan fingerprint density at radius 2 is 1.13 bits per heavy atom. The number of aromatic nitrogens is 8. The van der Waals surface area contributed by atoms with E-state index >= 15 is 0 Å². The van der Waals surface area contributed by atoms with Crippen LogP contribution >= 0.6 is 23.2 Å². The van der Waals surface area contributed by atoms with Crippen LogP contribution in [0.5, 0.6) is 0 Å². The molecule has 0 saturated heterocycles. The van der Waals surface area contributed by atoms with Crippen molar-refractivity contribution in [2.45, 2.75) is 103 Å². The Hall–Kier alpha value is -6.72. The Kier molecular flexibility index (Phi) is 17.0. The van der Waals surface area contributed by atoms with Crippen LogP contribution in [0.1, 0.15) is 77.6 Å². The van der Waals surface area contributed by atoms with Gasteiger partial charge >= 0.3 is 0 Å². The molecule has 0 spiro atoms. The Labute approximate surface area is 419 Å². The van der Waals surface area contributed by atoms with Crippen LogP contribution in [0.25, 0.3) is 44.3 Å². The van der Waals surface area contributed by atoms with Crippen molar-refractivity contribution < 1.29 is 4.92 Å². The second-order valence-electron chi connectivity index (χ2n) is 17.8. The molecule has 8 aromatic rings. The number of pyridine rings is 2. The second kappa shape index (κ2) is 23.3. The van der Waals surface area contributed by atoms with Gasteiger partial charge in [0.05, 0.1) is 62.0 Å². The van der Waals surface area contributed by atoms with Crippen LogP contribution in [-0.4, -0.2) is 92.9 Å². The van der Waals surface area contributed by atoms with E-state index in [2.05, 4.69) is 70.5 Å². The van der Waals surface area contributed by atoms with Gasteiger partial charge in [0.15, 0.2) is 0 Å². The zero-order valence-corrected chi connectivity index (χ0v) is 39.5. The van der Waals surface area contributed by atoms with Gasteiger partial charge in [-0.2, -0.15) is 0 Å². The SMILES string of the molecule is C.C.CN(Cc1ccc(N)cn1)[C@H]1CCC[C@@H](Nc2ncc(Cl)c(-c3c[nH]c4ccccc34)n2)C1.CN(Cc1ccc([N+](=O)[O-])cn1)[C@H]1CCC[C@@H](Nc2ncc(Cl)c(-c3c[nH]c4ccccc34)n2)C1. The molecule has 10 rings (SSSR count). The van der Waals surface area contributed by atoms with Gasteiger partial charge in [0.2, 0.25) is 11.9 Å². The highest BCUT2D eigenvalue weighted by Crippen LogP contribution is 2.35. The van der Waals surface area contributed by atoms with E-state index in [0.717, 1.165) is 102 Å². The summed E-state index contributed by atoms with van der Waals surface area (Å²) in [6, 6.07) is 24.7. The molecule has 6 heterocycles. The fourth-order valence-corrected chi connectivity index (χ4v) is 9.84. The molecule has 0 aliphatic heterocycles. The molecule has 18 heteroatoms. The molecule has 0 radical (unpaired) electrons. The van der Waals surface area contributed by atoms with Gasteiger partial charge in [-0.05, 0) is 95.8 Å². The lowest BCUT2D eigenvalue weighted by molar-refractivity contribution is -0.385. The molecule has 6 N–H and O–H groups in total. The number of benzene rings is 2. The number of H-pyrrole nitrogens is 2. The number of nitro groups is 1. The quantitative estimate of drug-likeness (QED) is 0.0539. The number of hydrogen-bond donors (Lipinski definition) is 5. The molecule has 2 aliphatic carbocycles. The van der Waals surface area contributed by atoms with Gasteiger partial charge in [0.25, 0.3) is 5.69 Å². The standard InChI is InChI=1S/C25H26ClN7O2.C25H28ClN7.2CH4/c1-32(15-17-9-10-19(12-27-17)33(34)35)18-6-4-5-16(11-18)30-25-29-14-22(26)24(31-25)21-13-28-23-8-3-2-7-20(21)23;1-33(15-18-10-9-16(27)12-28-18)19-6-4-5-17(11-19)31-25-30-14-22(26)24(32-25)21-13-29-23-8-3-2-7-20(21)23;;/h2-3,7-10,12-14,16,18,28H,4-6,11,15H2,1H3,(H,29,30,31);2-3,7-10,12-14,17,19,29H,4-6,11,15,27H2,1H3,(H,30,31,32);2*1H4/t16-,18+;17-,19+;;/m11../s1. The van der Waals surface area contributed by atoms with Crippen molar-refractivity contribution in [2.75, 3.05) is 30.5 Å². The lowest BCUT2D eigenvalue weighted by Gasteiger charge is -2.35. The first kappa shape index (κ1) is 51.1. The van der Waals surface area contributed by atoms with Gasteiger partial charge < -0.3 is 26.3 Å². The molecule has 0 bridgehead atoms. The zero-order chi connectivity index (χ0) is 47.1. The third kappa shape index (κ3) is 12.2. The van der Waals surface area contributed by atoms with Crippen LogP contribution in [0.2, 0.25) is 10.0 Å². The van der Waals surface area contributed by atoms with Crippen molar-refractivity contribution in [1.82, 2.24) is 49.7 Å². The molecule has 366 valence electrons. The minimum absolute atomic E-state index is 0. The van der Waals surface area contributed by atoms with Crippen molar-refractivity contribution in [3.8, 4) is 22.5 Å². The minimum atomic E-state index is -0.430. The molecule has 2 saturated carbocycles. The number of anilines is 3. The maximum absolute atomic E-state index is 10.9. The topological polar surface area (TPSA) is 209 Å². The molecule has 2 aliphatic rings. The van der Waals surface area contributed by atoms with E-state index in [-0.39, 0.29) is 26.6 Å². The van der Waals surface area contributed by atoms with E-state index in [1.54, 1.807) is 24.7 Å². The first-order valence-electron chi connectivity index (χ1n) is 23.0. The molecular weight excluding hydrogens is 924 g/mol. The number of fused-ring (bicyclic) bond motifs is 2. The van der Waals surface area contributed by atoms with Crippen molar-refractivity contribution in [3.05, 3.63) is 142 Å². The van der Waals surface area contributed by atoms with Crippen LogP contribution in [0.3, 0.4) is 0 Å². The van der Waals surface area contributed by atoms with E-state index < -0.39 is 4.92 Å². The predicted molar refractivity (Wildman–Crippen MR) is 284 cm³/mol. The summed E-state index contributed by atoms with van der Waals surface area (Å²) >= 11 is 13.0. The Morgan fingerprint density at radius 1 is 0.657 bits per heavy atom. The van der Waals surface area contributed by atoms with Crippen molar-refractivity contribution in [1.29, 1.82) is 0 Å². The summed E-state index contributed by atoms with van der Waals surface area (Å²) in [5, 5.41) is 21.2. The highest BCUT2D eigenvalue weighted by atomic mass is 35.5. The van der Waals surface area contributed by atoms with E-state index in [1.165, 1.54) is 18.7 Å². The number of aromatic amines is 2. The van der Waals surface area contributed by atoms with Gasteiger partial charge in [-0.3, -0.25) is 29.9 Å². The highest BCUT2D eigenvalue weighted by molar-refractivity contribution is 6.33. The molecule has 0 amide bonds. The first-order chi connectivity index (χ1) is 33.0. The maximum Gasteiger partial charge on any atom is 0.287 e. The van der Waals surface area contributed by atoms with Gasteiger partial charge in [-0.15, -0.1) is 0 Å². The summed E-state index contributed by atoms with van der Waals surface area (Å²) in [7, 11) is 4.24. The number of nitrogens with zero attached hydrogens (tertiary/aromatic N) is 9. The van der Waals surface area contributed by atoms with E-state index in [0.29, 0.717) is 58.0 Å². The number of nitrogen functional groups attached to an aromatic ring is 1. The van der Waals surface area contributed by atoms with Gasteiger partial charge in [0, 0.05) is 88.6 Å². The third-order valence-corrected chi connectivity index (χ3v) is 13.6. The number of nitrogens with two attached hydrogens (primary N) is 1. The first-order valence-corrected chi connectivity index (χ1v) is 23.7. The Bertz CT molecular complexity index is 2980. The maximum atomic E-state index is 10.9. The van der Waals surface area contributed by atoms with Crippen molar-refractivity contribution >= 4 is 68.3 Å². The average Bonchev–Trinajstić information content (AvgIpc) is 3.99.